The predicted molar refractivity (Wildman–Crippen MR) is 69.8 cm³/mol. The van der Waals surface area contributed by atoms with Gasteiger partial charge >= 0.3 is 0 Å². The van der Waals surface area contributed by atoms with Crippen LogP contribution in [0.4, 0.5) is 11.4 Å². The van der Waals surface area contributed by atoms with E-state index in [-0.39, 0.29) is 11.9 Å². The Kier molecular flexibility index (Phi) is 2.67. The van der Waals surface area contributed by atoms with Crippen LogP contribution >= 0.6 is 0 Å². The third-order valence-electron chi connectivity index (χ3n) is 3.67. The molecule has 3 rings (SSSR count). The SMILES string of the molecule is CC1C(=O)NCCN1c1ccc2c(c1)NC(=O)C2O. The van der Waals surface area contributed by atoms with Crippen molar-refractivity contribution in [1.82, 2.24) is 5.32 Å². The van der Waals surface area contributed by atoms with Gasteiger partial charge in [-0.1, -0.05) is 6.07 Å². The van der Waals surface area contributed by atoms with Gasteiger partial charge in [0.2, 0.25) is 5.91 Å². The molecule has 2 atom stereocenters. The van der Waals surface area contributed by atoms with Crippen LogP contribution in [0.15, 0.2) is 18.2 Å². The van der Waals surface area contributed by atoms with Crippen molar-refractivity contribution in [1.29, 1.82) is 0 Å². The zero-order chi connectivity index (χ0) is 13.6. The molecule has 0 spiro atoms. The van der Waals surface area contributed by atoms with Crippen LogP contribution < -0.4 is 15.5 Å². The first-order valence-corrected chi connectivity index (χ1v) is 6.25. The van der Waals surface area contributed by atoms with Crippen molar-refractivity contribution in [3.05, 3.63) is 23.8 Å². The van der Waals surface area contributed by atoms with Crippen LogP contribution in [0.5, 0.6) is 0 Å². The molecule has 1 saturated heterocycles. The highest BCUT2D eigenvalue weighted by molar-refractivity contribution is 6.02. The Labute approximate surface area is 110 Å². The third-order valence-corrected chi connectivity index (χ3v) is 3.67. The molecule has 2 aliphatic heterocycles. The maximum Gasteiger partial charge on any atom is 0.257 e. The van der Waals surface area contributed by atoms with Crippen LogP contribution in [-0.4, -0.2) is 36.1 Å². The smallest absolute Gasteiger partial charge is 0.257 e. The van der Waals surface area contributed by atoms with Crippen LogP contribution in [0.2, 0.25) is 0 Å². The molecule has 0 aliphatic carbocycles. The molecule has 0 aromatic heterocycles. The average Bonchev–Trinajstić information content (AvgIpc) is 2.68. The van der Waals surface area contributed by atoms with E-state index >= 15 is 0 Å². The largest absolute Gasteiger partial charge is 0.378 e. The topological polar surface area (TPSA) is 81.7 Å². The third kappa shape index (κ3) is 1.84. The molecule has 1 aromatic carbocycles. The van der Waals surface area contributed by atoms with Crippen LogP contribution in [0, 0.1) is 0 Å². The lowest BCUT2D eigenvalue weighted by atomic mass is 10.1. The lowest BCUT2D eigenvalue weighted by molar-refractivity contribution is -0.123. The first-order chi connectivity index (χ1) is 9.08. The van der Waals surface area contributed by atoms with Crippen molar-refractivity contribution in [2.75, 3.05) is 23.3 Å². The van der Waals surface area contributed by atoms with Gasteiger partial charge in [-0.15, -0.1) is 0 Å². The standard InChI is InChI=1S/C13H15N3O3/c1-7-12(18)14-4-5-16(7)8-2-3-9-10(6-8)15-13(19)11(9)17/h2-3,6-7,11,17H,4-5H2,1H3,(H,14,18)(H,15,19). The fraction of sp³-hybridized carbons (Fsp3) is 0.385. The Morgan fingerprint density at radius 2 is 2.11 bits per heavy atom. The fourth-order valence-corrected chi connectivity index (χ4v) is 2.55. The number of carbonyl (C=O) groups excluding carboxylic acids is 2. The van der Waals surface area contributed by atoms with E-state index in [9.17, 15) is 14.7 Å². The summed E-state index contributed by atoms with van der Waals surface area (Å²) in [6, 6.07) is 5.12. The summed E-state index contributed by atoms with van der Waals surface area (Å²) in [4.78, 5) is 25.0. The Balaban J connectivity index is 1.93. The molecular formula is C13H15N3O3. The zero-order valence-corrected chi connectivity index (χ0v) is 10.5. The lowest BCUT2D eigenvalue weighted by Crippen LogP contribution is -2.54. The number of aliphatic hydroxyl groups excluding tert-OH is 1. The summed E-state index contributed by atoms with van der Waals surface area (Å²) in [5, 5.41) is 15.1. The highest BCUT2D eigenvalue weighted by atomic mass is 16.3. The molecule has 19 heavy (non-hydrogen) atoms. The number of carbonyl (C=O) groups is 2. The summed E-state index contributed by atoms with van der Waals surface area (Å²) in [7, 11) is 0. The van der Waals surface area contributed by atoms with E-state index in [1.807, 2.05) is 17.9 Å². The number of nitrogens with zero attached hydrogens (tertiary/aromatic N) is 1. The first kappa shape index (κ1) is 12.0. The van der Waals surface area contributed by atoms with Crippen LogP contribution in [0.25, 0.3) is 0 Å². The van der Waals surface area contributed by atoms with Crippen LogP contribution in [0.1, 0.15) is 18.6 Å². The second kappa shape index (κ2) is 4.24. The normalized spacial score (nSPS) is 25.9. The Hall–Kier alpha value is -2.08. The lowest BCUT2D eigenvalue weighted by Gasteiger charge is -2.34. The van der Waals surface area contributed by atoms with Gasteiger partial charge in [0.25, 0.3) is 5.91 Å². The summed E-state index contributed by atoms with van der Waals surface area (Å²) in [6.07, 6.45) is -1.09. The van der Waals surface area contributed by atoms with Crippen molar-refractivity contribution >= 4 is 23.2 Å². The quantitative estimate of drug-likeness (QED) is 0.664. The van der Waals surface area contributed by atoms with E-state index < -0.39 is 12.0 Å². The van der Waals surface area contributed by atoms with E-state index in [1.165, 1.54) is 0 Å². The maximum atomic E-state index is 11.7. The number of hydrogen-bond donors (Lipinski definition) is 3. The highest BCUT2D eigenvalue weighted by Gasteiger charge is 2.31. The van der Waals surface area contributed by atoms with Crippen molar-refractivity contribution in [2.45, 2.75) is 19.1 Å². The van der Waals surface area contributed by atoms with Gasteiger partial charge in [-0.2, -0.15) is 0 Å². The minimum absolute atomic E-state index is 0.00387. The summed E-state index contributed by atoms with van der Waals surface area (Å²) >= 11 is 0. The van der Waals surface area contributed by atoms with E-state index in [0.717, 1.165) is 12.2 Å². The molecule has 1 aromatic rings. The van der Waals surface area contributed by atoms with Gasteiger partial charge in [-0.3, -0.25) is 9.59 Å². The Morgan fingerprint density at radius 1 is 1.32 bits per heavy atom. The zero-order valence-electron chi connectivity index (χ0n) is 10.5. The van der Waals surface area contributed by atoms with Crippen molar-refractivity contribution in [3.8, 4) is 0 Å². The molecule has 100 valence electrons. The molecule has 0 bridgehead atoms. The number of piperazine rings is 1. The molecule has 6 nitrogen and oxygen atoms in total. The monoisotopic (exact) mass is 261 g/mol. The summed E-state index contributed by atoms with van der Waals surface area (Å²) in [5.41, 5.74) is 2.08. The second-order valence-corrected chi connectivity index (χ2v) is 4.82. The Bertz CT molecular complexity index is 558. The van der Waals surface area contributed by atoms with Gasteiger partial charge in [0.05, 0.1) is 0 Å². The van der Waals surface area contributed by atoms with Gasteiger partial charge in [0.1, 0.15) is 6.04 Å². The van der Waals surface area contributed by atoms with Gasteiger partial charge in [0, 0.05) is 30.0 Å². The minimum Gasteiger partial charge on any atom is -0.378 e. The molecule has 2 unspecified atom stereocenters. The van der Waals surface area contributed by atoms with E-state index in [0.29, 0.717) is 17.8 Å². The van der Waals surface area contributed by atoms with E-state index in [1.54, 1.807) is 12.1 Å². The summed E-state index contributed by atoms with van der Waals surface area (Å²) in [5.74, 6) is -0.410. The molecule has 0 saturated carbocycles. The molecular weight excluding hydrogens is 246 g/mol. The Morgan fingerprint density at radius 3 is 2.89 bits per heavy atom. The number of hydrogen-bond acceptors (Lipinski definition) is 4. The minimum atomic E-state index is -1.09. The molecule has 6 heteroatoms. The number of benzene rings is 1. The molecule has 2 heterocycles. The summed E-state index contributed by atoms with van der Waals surface area (Å²) in [6.45, 7) is 3.17. The van der Waals surface area contributed by atoms with Crippen molar-refractivity contribution in [3.63, 3.8) is 0 Å². The number of amides is 2. The highest BCUT2D eigenvalue weighted by Crippen LogP contribution is 2.34. The van der Waals surface area contributed by atoms with E-state index in [4.69, 9.17) is 0 Å². The number of nitrogens with one attached hydrogen (secondary N) is 2. The molecule has 1 fully saturated rings. The van der Waals surface area contributed by atoms with Gasteiger partial charge in [0.15, 0.2) is 6.10 Å². The first-order valence-electron chi connectivity index (χ1n) is 6.25. The molecule has 2 aliphatic rings. The fourth-order valence-electron chi connectivity index (χ4n) is 2.55. The van der Waals surface area contributed by atoms with Gasteiger partial charge in [-0.25, -0.2) is 0 Å². The van der Waals surface area contributed by atoms with Crippen LogP contribution in [-0.2, 0) is 9.59 Å². The van der Waals surface area contributed by atoms with Crippen molar-refractivity contribution < 1.29 is 14.7 Å². The van der Waals surface area contributed by atoms with Gasteiger partial charge < -0.3 is 20.6 Å². The number of fused-ring (bicyclic) bond motifs is 1. The van der Waals surface area contributed by atoms with Crippen molar-refractivity contribution in [2.24, 2.45) is 0 Å². The maximum absolute atomic E-state index is 11.7. The second-order valence-electron chi connectivity index (χ2n) is 4.82. The van der Waals surface area contributed by atoms with Gasteiger partial charge in [-0.05, 0) is 19.1 Å². The number of aliphatic hydroxyl groups is 1. The molecule has 3 N–H and O–H groups in total. The van der Waals surface area contributed by atoms with E-state index in [2.05, 4.69) is 10.6 Å². The number of anilines is 2. The average molecular weight is 261 g/mol. The number of rotatable bonds is 1. The predicted octanol–water partition coefficient (Wildman–Crippen LogP) is -0.00320. The molecule has 2 amide bonds. The summed E-state index contributed by atoms with van der Waals surface area (Å²) < 4.78 is 0. The van der Waals surface area contributed by atoms with Crippen LogP contribution in [0.3, 0.4) is 0 Å². The molecule has 0 radical (unpaired) electrons.